The lowest BCUT2D eigenvalue weighted by Crippen LogP contribution is -2.31. The largest absolute Gasteiger partial charge is 0.344 e. The maximum absolute atomic E-state index is 12.6. The highest BCUT2D eigenvalue weighted by atomic mass is 35.5. The highest BCUT2D eigenvalue weighted by Gasteiger charge is 2.31. The predicted octanol–water partition coefficient (Wildman–Crippen LogP) is 2.80. The molecule has 1 aromatic heterocycles. The van der Waals surface area contributed by atoms with Gasteiger partial charge in [0.15, 0.2) is 14.9 Å². The van der Waals surface area contributed by atoms with Gasteiger partial charge in [0.1, 0.15) is 5.69 Å². The number of hydrogen-bond acceptors (Lipinski definition) is 4. The summed E-state index contributed by atoms with van der Waals surface area (Å²) in [6.45, 7) is 2.06. The Labute approximate surface area is 146 Å². The van der Waals surface area contributed by atoms with Crippen molar-refractivity contribution in [2.24, 2.45) is 5.92 Å². The molecule has 0 unspecified atom stereocenters. The molecule has 0 fully saturated rings. The van der Waals surface area contributed by atoms with Gasteiger partial charge in [-0.25, -0.2) is 13.4 Å². The van der Waals surface area contributed by atoms with Gasteiger partial charge >= 0.3 is 0 Å². The maximum Gasteiger partial charge on any atom is 0.271 e. The van der Waals surface area contributed by atoms with Crippen LogP contribution < -0.4 is 5.32 Å². The van der Waals surface area contributed by atoms with Crippen molar-refractivity contribution in [3.8, 4) is 0 Å². The molecule has 1 aliphatic carbocycles. The summed E-state index contributed by atoms with van der Waals surface area (Å²) in [5.41, 5.74) is 2.21. The highest BCUT2D eigenvalue weighted by molar-refractivity contribution is 7.90. The van der Waals surface area contributed by atoms with Crippen LogP contribution in [0.4, 0.5) is 0 Å². The van der Waals surface area contributed by atoms with Gasteiger partial charge in [0.2, 0.25) is 0 Å². The lowest BCUT2D eigenvalue weighted by molar-refractivity contribution is 0.0921. The fraction of sp³-hybridized carbons (Fsp3) is 0.294. The van der Waals surface area contributed by atoms with Crippen LogP contribution in [0.1, 0.15) is 34.6 Å². The third kappa shape index (κ3) is 3.16. The Balaban J connectivity index is 1.91. The van der Waals surface area contributed by atoms with Crippen LogP contribution in [-0.4, -0.2) is 25.6 Å². The van der Waals surface area contributed by atoms with Gasteiger partial charge in [-0.3, -0.25) is 4.79 Å². The third-order valence-corrected chi connectivity index (χ3v) is 5.50. The Morgan fingerprint density at radius 1 is 1.25 bits per heavy atom. The zero-order chi connectivity index (χ0) is 17.5. The maximum atomic E-state index is 12.6. The second-order valence-corrected chi connectivity index (χ2v) is 8.45. The van der Waals surface area contributed by atoms with Crippen molar-refractivity contribution in [1.29, 1.82) is 0 Å². The number of nitrogens with one attached hydrogen (secondary N) is 1. The molecule has 1 aromatic carbocycles. The second-order valence-electron chi connectivity index (χ2n) is 6.08. The van der Waals surface area contributed by atoms with Crippen LogP contribution in [0, 0.1) is 5.92 Å². The van der Waals surface area contributed by atoms with Crippen molar-refractivity contribution in [3.63, 3.8) is 0 Å². The van der Waals surface area contributed by atoms with E-state index in [1.54, 1.807) is 0 Å². The van der Waals surface area contributed by atoms with Gasteiger partial charge in [-0.05, 0) is 35.6 Å². The molecule has 0 radical (unpaired) electrons. The van der Waals surface area contributed by atoms with Crippen molar-refractivity contribution in [2.75, 3.05) is 6.26 Å². The number of halogens is 1. The Hall–Kier alpha value is -1.92. The number of pyridine rings is 1. The molecular formula is C17H17ClN2O3S. The number of aromatic nitrogens is 1. The minimum Gasteiger partial charge on any atom is -0.344 e. The monoisotopic (exact) mass is 364 g/mol. The average Bonchev–Trinajstić information content (AvgIpc) is 2.82. The lowest BCUT2D eigenvalue weighted by Gasteiger charge is -2.19. The number of rotatable bonds is 3. The summed E-state index contributed by atoms with van der Waals surface area (Å²) in [6.07, 6.45) is 1.92. The fourth-order valence-electron chi connectivity index (χ4n) is 3.01. The quantitative estimate of drug-likeness (QED) is 0.908. The summed E-state index contributed by atoms with van der Waals surface area (Å²) < 4.78 is 23.3. The SMILES string of the molecule is C[C@@H]1Cc2ccccc2[C@H]1NC(=O)c1nc(S(C)(=O)=O)ccc1Cl. The minimum atomic E-state index is -3.51. The van der Waals surface area contributed by atoms with Gasteiger partial charge in [0.25, 0.3) is 5.91 Å². The molecule has 1 amide bonds. The highest BCUT2D eigenvalue weighted by Crippen LogP contribution is 2.35. The van der Waals surface area contributed by atoms with E-state index in [4.69, 9.17) is 11.6 Å². The Morgan fingerprint density at radius 2 is 1.96 bits per heavy atom. The molecule has 2 aromatic rings. The van der Waals surface area contributed by atoms with Crippen molar-refractivity contribution < 1.29 is 13.2 Å². The third-order valence-electron chi connectivity index (χ3n) is 4.20. The van der Waals surface area contributed by atoms with E-state index in [1.807, 2.05) is 24.3 Å². The van der Waals surface area contributed by atoms with Crippen LogP contribution in [0.3, 0.4) is 0 Å². The number of fused-ring (bicyclic) bond motifs is 1. The van der Waals surface area contributed by atoms with Crippen molar-refractivity contribution in [1.82, 2.24) is 10.3 Å². The van der Waals surface area contributed by atoms with Gasteiger partial charge in [0, 0.05) is 6.26 Å². The van der Waals surface area contributed by atoms with Crippen molar-refractivity contribution in [3.05, 3.63) is 58.2 Å². The van der Waals surface area contributed by atoms with E-state index in [2.05, 4.69) is 17.2 Å². The molecule has 0 saturated carbocycles. The number of benzene rings is 1. The van der Waals surface area contributed by atoms with E-state index in [1.165, 1.54) is 17.7 Å². The number of carbonyl (C=O) groups is 1. The number of sulfone groups is 1. The molecule has 1 N–H and O–H groups in total. The zero-order valence-corrected chi connectivity index (χ0v) is 14.9. The average molecular weight is 365 g/mol. The Bertz CT molecular complexity index is 912. The first-order valence-corrected chi connectivity index (χ1v) is 9.79. The summed E-state index contributed by atoms with van der Waals surface area (Å²) >= 11 is 6.05. The molecule has 126 valence electrons. The summed E-state index contributed by atoms with van der Waals surface area (Å²) in [5, 5.41) is 2.89. The Morgan fingerprint density at radius 3 is 2.67 bits per heavy atom. The minimum absolute atomic E-state index is 0.0730. The fourth-order valence-corrected chi connectivity index (χ4v) is 3.78. The van der Waals surface area contributed by atoms with E-state index >= 15 is 0 Å². The molecular weight excluding hydrogens is 348 g/mol. The van der Waals surface area contributed by atoms with Crippen molar-refractivity contribution in [2.45, 2.75) is 24.4 Å². The van der Waals surface area contributed by atoms with Crippen LogP contribution in [0.25, 0.3) is 0 Å². The summed E-state index contributed by atoms with van der Waals surface area (Å²) in [6, 6.07) is 10.5. The molecule has 24 heavy (non-hydrogen) atoms. The first kappa shape index (κ1) is 16.9. The van der Waals surface area contributed by atoms with Crippen LogP contribution >= 0.6 is 11.6 Å². The second kappa shape index (κ2) is 6.18. The van der Waals surface area contributed by atoms with E-state index in [0.717, 1.165) is 18.2 Å². The molecule has 0 spiro atoms. The molecule has 1 aliphatic rings. The van der Waals surface area contributed by atoms with E-state index in [9.17, 15) is 13.2 Å². The number of nitrogens with zero attached hydrogens (tertiary/aromatic N) is 1. The van der Waals surface area contributed by atoms with E-state index in [0.29, 0.717) is 0 Å². The first-order valence-electron chi connectivity index (χ1n) is 7.52. The zero-order valence-electron chi connectivity index (χ0n) is 13.3. The summed E-state index contributed by atoms with van der Waals surface area (Å²) in [7, 11) is -3.51. The molecule has 7 heteroatoms. The van der Waals surface area contributed by atoms with Crippen LogP contribution in [0.15, 0.2) is 41.4 Å². The number of carbonyl (C=O) groups excluding carboxylic acids is 1. The van der Waals surface area contributed by atoms with Crippen LogP contribution in [0.5, 0.6) is 0 Å². The predicted molar refractivity (Wildman–Crippen MR) is 91.9 cm³/mol. The Kier molecular flexibility index (Phi) is 4.36. The smallest absolute Gasteiger partial charge is 0.271 e. The molecule has 0 aliphatic heterocycles. The van der Waals surface area contributed by atoms with Gasteiger partial charge in [0.05, 0.1) is 11.1 Å². The van der Waals surface area contributed by atoms with Gasteiger partial charge in [-0.15, -0.1) is 0 Å². The van der Waals surface area contributed by atoms with Gasteiger partial charge < -0.3 is 5.32 Å². The van der Waals surface area contributed by atoms with Crippen LogP contribution in [0.2, 0.25) is 5.02 Å². The molecule has 0 bridgehead atoms. The summed E-state index contributed by atoms with van der Waals surface area (Å²) in [4.78, 5) is 16.5. The molecule has 3 rings (SSSR count). The number of amides is 1. The van der Waals surface area contributed by atoms with Gasteiger partial charge in [-0.2, -0.15) is 0 Å². The normalized spacial score (nSPS) is 19.8. The summed E-state index contributed by atoms with van der Waals surface area (Å²) in [5.74, 6) is -0.234. The molecule has 1 heterocycles. The molecule has 2 atom stereocenters. The molecule has 0 saturated heterocycles. The van der Waals surface area contributed by atoms with E-state index < -0.39 is 15.7 Å². The van der Waals surface area contributed by atoms with Crippen LogP contribution in [-0.2, 0) is 16.3 Å². The van der Waals surface area contributed by atoms with Gasteiger partial charge in [-0.1, -0.05) is 42.8 Å². The standard InChI is InChI=1S/C17H17ClN2O3S/c1-10-9-11-5-3-4-6-12(11)15(10)20-17(21)16-13(18)7-8-14(19-16)24(2,22)23/h3-8,10,15H,9H2,1-2H3,(H,20,21)/t10-,15+/m1/s1. The van der Waals surface area contributed by atoms with E-state index in [-0.39, 0.29) is 27.7 Å². The molecule has 5 nitrogen and oxygen atoms in total. The van der Waals surface area contributed by atoms with Crippen molar-refractivity contribution >= 4 is 27.3 Å². The number of hydrogen-bond donors (Lipinski definition) is 1. The topological polar surface area (TPSA) is 76.1 Å². The lowest BCUT2D eigenvalue weighted by atomic mass is 10.0. The first-order chi connectivity index (χ1) is 11.3.